The van der Waals surface area contributed by atoms with Crippen LogP contribution in [-0.2, 0) is 35.6 Å². The summed E-state index contributed by atoms with van der Waals surface area (Å²) in [6.07, 6.45) is 1.33. The fourth-order valence-corrected chi connectivity index (χ4v) is 3.12. The van der Waals surface area contributed by atoms with Crippen LogP contribution < -0.4 is 16.0 Å². The number of methoxy groups -OCH3 is 2. The number of aromatic nitrogens is 3. The molecule has 1 aromatic carbocycles. The Morgan fingerprint density at radius 1 is 1.31 bits per heavy atom. The van der Waals surface area contributed by atoms with E-state index in [-0.39, 0.29) is 6.04 Å². The number of anilines is 1. The van der Waals surface area contributed by atoms with Crippen molar-refractivity contribution in [2.75, 3.05) is 26.6 Å². The third kappa shape index (κ3) is 5.67. The van der Waals surface area contributed by atoms with Crippen molar-refractivity contribution in [3.63, 3.8) is 0 Å². The summed E-state index contributed by atoms with van der Waals surface area (Å²) in [5.41, 5.74) is 1.75. The fourth-order valence-electron chi connectivity index (χ4n) is 3.12. The van der Waals surface area contributed by atoms with E-state index in [0.717, 1.165) is 42.6 Å². The van der Waals surface area contributed by atoms with Gasteiger partial charge in [-0.25, -0.2) is 14.5 Å². The Bertz CT molecular complexity index is 848. The highest BCUT2D eigenvalue weighted by molar-refractivity contribution is 5.84. The molecule has 10 nitrogen and oxygen atoms in total. The maximum Gasteiger partial charge on any atom is 0.411 e. The topological polar surface area (TPSA) is 115 Å². The number of rotatable bonds is 6. The number of benzene rings is 1. The van der Waals surface area contributed by atoms with Crippen molar-refractivity contribution in [3.05, 3.63) is 41.5 Å². The summed E-state index contributed by atoms with van der Waals surface area (Å²) < 4.78 is 11.6. The van der Waals surface area contributed by atoms with Gasteiger partial charge in [-0.15, -0.1) is 0 Å². The quantitative estimate of drug-likeness (QED) is 0.493. The van der Waals surface area contributed by atoms with Crippen LogP contribution in [0, 0.1) is 0 Å². The number of fused-ring (bicyclic) bond motifs is 1. The number of carbonyl (C=O) groups is 1. The molecule has 1 amide bonds. The maximum atomic E-state index is 11.2. The lowest BCUT2D eigenvalue weighted by atomic mass is 10.1. The summed E-state index contributed by atoms with van der Waals surface area (Å²) in [6.45, 7) is 1.77. The van der Waals surface area contributed by atoms with Crippen molar-refractivity contribution >= 4 is 17.7 Å². The Hall–Kier alpha value is -3.14. The van der Waals surface area contributed by atoms with Crippen LogP contribution in [0.3, 0.4) is 0 Å². The van der Waals surface area contributed by atoms with E-state index in [4.69, 9.17) is 4.74 Å². The summed E-state index contributed by atoms with van der Waals surface area (Å²) in [5, 5.41) is 13.9. The van der Waals surface area contributed by atoms with E-state index in [1.807, 2.05) is 28.9 Å². The first kappa shape index (κ1) is 20.6. The lowest BCUT2D eigenvalue weighted by Crippen LogP contribution is -2.46. The van der Waals surface area contributed by atoms with Crippen LogP contribution in [0.15, 0.2) is 29.3 Å². The normalized spacial score (nSPS) is 16.1. The van der Waals surface area contributed by atoms with Crippen LogP contribution >= 0.6 is 0 Å². The number of carbonyl (C=O) groups excluding carboxylic acids is 1. The second kappa shape index (κ2) is 9.87. The molecule has 0 spiro atoms. The van der Waals surface area contributed by atoms with Gasteiger partial charge in [0.2, 0.25) is 0 Å². The van der Waals surface area contributed by atoms with Crippen LogP contribution in [0.2, 0.25) is 0 Å². The highest BCUT2D eigenvalue weighted by Gasteiger charge is 2.22. The number of guanidine groups is 1. The van der Waals surface area contributed by atoms with Gasteiger partial charge in [0, 0.05) is 38.9 Å². The second-order valence-electron chi connectivity index (χ2n) is 6.68. The second-order valence-corrected chi connectivity index (χ2v) is 6.68. The molecule has 1 unspecified atom stereocenters. The summed E-state index contributed by atoms with van der Waals surface area (Å²) in [6, 6.07) is 7.75. The van der Waals surface area contributed by atoms with E-state index in [9.17, 15) is 4.79 Å². The van der Waals surface area contributed by atoms with Crippen LogP contribution in [0.5, 0.6) is 0 Å². The van der Waals surface area contributed by atoms with Gasteiger partial charge in [0.25, 0.3) is 0 Å². The molecule has 0 bridgehead atoms. The van der Waals surface area contributed by atoms with Crippen LogP contribution in [0.25, 0.3) is 0 Å². The molecule has 10 heteroatoms. The molecule has 0 saturated carbocycles. The Morgan fingerprint density at radius 2 is 2.10 bits per heavy atom. The summed E-state index contributed by atoms with van der Waals surface area (Å²) in [7, 11) is 4.73. The third-order valence-corrected chi connectivity index (χ3v) is 4.59. The van der Waals surface area contributed by atoms with Crippen molar-refractivity contribution in [1.29, 1.82) is 0 Å². The molecule has 1 aromatic heterocycles. The molecular formula is C19H27N7O3. The third-order valence-electron chi connectivity index (χ3n) is 4.59. The number of amides is 1. The summed E-state index contributed by atoms with van der Waals surface area (Å²) in [4.78, 5) is 20.0. The number of ether oxygens (including phenoxy) is 2. The van der Waals surface area contributed by atoms with Gasteiger partial charge >= 0.3 is 6.09 Å². The molecule has 1 aliphatic rings. The van der Waals surface area contributed by atoms with Gasteiger partial charge in [0.05, 0.1) is 13.7 Å². The van der Waals surface area contributed by atoms with Gasteiger partial charge in [-0.1, -0.05) is 12.1 Å². The van der Waals surface area contributed by atoms with Crippen molar-refractivity contribution < 1.29 is 14.3 Å². The number of hydrogen-bond donors (Lipinski definition) is 3. The molecule has 0 fully saturated rings. The monoisotopic (exact) mass is 401 g/mol. The van der Waals surface area contributed by atoms with Gasteiger partial charge in [-0.2, -0.15) is 5.10 Å². The average Bonchev–Trinajstić information content (AvgIpc) is 3.14. The van der Waals surface area contributed by atoms with Crippen LogP contribution in [0.4, 0.5) is 10.5 Å². The molecule has 2 aromatic rings. The number of hydrogen-bond acceptors (Lipinski definition) is 6. The zero-order valence-electron chi connectivity index (χ0n) is 16.9. The van der Waals surface area contributed by atoms with Gasteiger partial charge < -0.3 is 20.1 Å². The zero-order chi connectivity index (χ0) is 20.6. The van der Waals surface area contributed by atoms with E-state index >= 15 is 0 Å². The lowest BCUT2D eigenvalue weighted by molar-refractivity contribution is 0.177. The van der Waals surface area contributed by atoms with E-state index in [0.29, 0.717) is 18.8 Å². The van der Waals surface area contributed by atoms with Crippen LogP contribution in [0.1, 0.15) is 23.6 Å². The predicted molar refractivity (Wildman–Crippen MR) is 109 cm³/mol. The van der Waals surface area contributed by atoms with Crippen LogP contribution in [-0.4, -0.2) is 54.1 Å². The average molecular weight is 401 g/mol. The first-order valence-electron chi connectivity index (χ1n) is 9.44. The summed E-state index contributed by atoms with van der Waals surface area (Å²) in [5.74, 6) is 2.45. The molecular weight excluding hydrogens is 374 g/mol. The highest BCUT2D eigenvalue weighted by atomic mass is 16.5. The number of nitrogens with one attached hydrogen (secondary N) is 3. The lowest BCUT2D eigenvalue weighted by Gasteiger charge is -2.25. The molecule has 29 heavy (non-hydrogen) atoms. The van der Waals surface area contributed by atoms with Gasteiger partial charge in [0.1, 0.15) is 12.4 Å². The predicted octanol–water partition coefficient (Wildman–Crippen LogP) is 1.28. The van der Waals surface area contributed by atoms with Gasteiger partial charge in [-0.3, -0.25) is 10.3 Å². The number of nitrogens with zero attached hydrogens (tertiary/aromatic N) is 4. The van der Waals surface area contributed by atoms with Gasteiger partial charge in [0.15, 0.2) is 11.8 Å². The number of aryl methyl sites for hydroxylation is 1. The molecule has 3 rings (SSSR count). The van der Waals surface area contributed by atoms with E-state index in [1.54, 1.807) is 14.2 Å². The standard InChI is InChI=1S/C19H27N7O3/c1-20-18(21-10-13-4-6-14(7-5-13)23-19(27)29-3)22-15-8-9-17-24-16(12-28-2)25-26(17)11-15/h4-7,15H,8-12H2,1-3H3,(H,23,27)(H2,20,21,22). The maximum absolute atomic E-state index is 11.2. The summed E-state index contributed by atoms with van der Waals surface area (Å²) >= 11 is 0. The Labute approximate surface area is 169 Å². The van der Waals surface area contributed by atoms with E-state index in [1.165, 1.54) is 7.11 Å². The molecule has 0 aliphatic carbocycles. The molecule has 0 radical (unpaired) electrons. The first-order chi connectivity index (χ1) is 14.1. The van der Waals surface area contributed by atoms with Crippen molar-refractivity contribution in [3.8, 4) is 0 Å². The van der Waals surface area contributed by atoms with E-state index in [2.05, 4.69) is 35.8 Å². The van der Waals surface area contributed by atoms with Crippen molar-refractivity contribution in [1.82, 2.24) is 25.4 Å². The molecule has 3 N–H and O–H groups in total. The fraction of sp³-hybridized carbons (Fsp3) is 0.474. The Kier molecular flexibility index (Phi) is 7.01. The zero-order valence-corrected chi connectivity index (χ0v) is 16.9. The smallest absolute Gasteiger partial charge is 0.411 e. The molecule has 156 valence electrons. The SMILES string of the molecule is CN=C(NCc1ccc(NC(=O)OC)cc1)NC1CCc2nc(COC)nn2C1. The van der Waals surface area contributed by atoms with Crippen molar-refractivity contribution in [2.45, 2.75) is 38.6 Å². The molecule has 1 aliphatic heterocycles. The molecule has 0 saturated heterocycles. The first-order valence-corrected chi connectivity index (χ1v) is 9.44. The minimum Gasteiger partial charge on any atom is -0.453 e. The molecule has 2 heterocycles. The van der Waals surface area contributed by atoms with E-state index < -0.39 is 6.09 Å². The number of aliphatic imine (C=N–C) groups is 1. The highest BCUT2D eigenvalue weighted by Crippen LogP contribution is 2.14. The molecule has 1 atom stereocenters. The Morgan fingerprint density at radius 3 is 2.79 bits per heavy atom. The van der Waals surface area contributed by atoms with Crippen molar-refractivity contribution in [2.24, 2.45) is 4.99 Å². The Balaban J connectivity index is 1.50. The minimum atomic E-state index is -0.488. The van der Waals surface area contributed by atoms with Gasteiger partial charge in [-0.05, 0) is 24.1 Å². The largest absolute Gasteiger partial charge is 0.453 e. The minimum absolute atomic E-state index is 0.220.